The number of aromatic nitrogens is 4. The number of carbonyl (C=O) groups excluding carboxylic acids is 3. The van der Waals surface area contributed by atoms with E-state index in [0.717, 1.165) is 65.7 Å². The van der Waals surface area contributed by atoms with Gasteiger partial charge in [0.1, 0.15) is 36.3 Å². The van der Waals surface area contributed by atoms with Crippen LogP contribution in [0.5, 0.6) is 0 Å². The van der Waals surface area contributed by atoms with E-state index in [1.807, 2.05) is 6.92 Å². The van der Waals surface area contributed by atoms with E-state index < -0.39 is 84.6 Å². The monoisotopic (exact) mass is 1060 g/mol. The van der Waals surface area contributed by atoms with Crippen LogP contribution in [0.25, 0.3) is 11.2 Å². The molecule has 2 amide bonds. The number of phosphoric acid groups is 3. The fourth-order valence-electron chi connectivity index (χ4n) is 7.28. The Kier molecular flexibility index (Phi) is 24.5. The third-order valence-corrected chi connectivity index (χ3v) is 15.0. The third-order valence-electron chi connectivity index (χ3n) is 11.2. The number of imidazole rings is 1. The highest BCUT2D eigenvalue weighted by Gasteiger charge is 2.47. The van der Waals surface area contributed by atoms with Crippen LogP contribution in [-0.2, 0) is 50.7 Å². The minimum Gasteiger partial charge on any atom is -0.790 e. The Morgan fingerprint density at radius 2 is 1.55 bits per heavy atom. The van der Waals surface area contributed by atoms with Crippen molar-refractivity contribution < 1.29 is 80.5 Å². The molecule has 9 atom stereocenters. The van der Waals surface area contributed by atoms with Crippen molar-refractivity contribution in [3.05, 3.63) is 24.3 Å². The van der Waals surface area contributed by atoms with E-state index in [4.69, 9.17) is 10.5 Å². The van der Waals surface area contributed by atoms with Crippen LogP contribution >= 0.6 is 35.2 Å². The summed E-state index contributed by atoms with van der Waals surface area (Å²) in [6.45, 7) is 11.2. The number of aliphatic hydroxyl groups excluding tert-OH is 2. The molecule has 1 fully saturated rings. The van der Waals surface area contributed by atoms with E-state index in [0.29, 0.717) is 11.7 Å². The van der Waals surface area contributed by atoms with Crippen LogP contribution in [0.2, 0.25) is 0 Å². The summed E-state index contributed by atoms with van der Waals surface area (Å²) >= 11 is 1.07. The quantitative estimate of drug-likeness (QED) is 0.0399. The number of fused-ring (bicyclic) bond motifs is 1. The van der Waals surface area contributed by atoms with Crippen molar-refractivity contribution in [2.24, 2.45) is 23.2 Å². The molecule has 0 spiro atoms. The van der Waals surface area contributed by atoms with Crippen LogP contribution in [-0.4, -0.2) is 103 Å². The van der Waals surface area contributed by atoms with Crippen LogP contribution in [0.15, 0.2) is 24.3 Å². The number of nitrogens with two attached hydrogens (primary N) is 1. The molecule has 6 N–H and O–H groups in total. The lowest BCUT2D eigenvalue weighted by Gasteiger charge is -2.36. The lowest BCUT2D eigenvalue weighted by molar-refractivity contribution is -0.347. The predicted octanol–water partition coefficient (Wildman–Crippen LogP) is 2.52. The summed E-state index contributed by atoms with van der Waals surface area (Å²) in [5.74, 6) is 0.954. The molecule has 28 heteroatoms. The van der Waals surface area contributed by atoms with Gasteiger partial charge in [0.25, 0.3) is 15.6 Å². The molecule has 69 heavy (non-hydrogen) atoms. The van der Waals surface area contributed by atoms with E-state index in [-0.39, 0.29) is 41.6 Å². The Morgan fingerprint density at radius 3 is 2.19 bits per heavy atom. The number of thioether (sulfide) groups is 1. The van der Waals surface area contributed by atoms with Crippen LogP contribution in [0.1, 0.15) is 119 Å². The molecule has 1 aliphatic heterocycles. The largest absolute Gasteiger partial charge is 0.790 e. The summed E-state index contributed by atoms with van der Waals surface area (Å²) in [6.07, 6.45) is 4.62. The van der Waals surface area contributed by atoms with Gasteiger partial charge in [-0.3, -0.25) is 28.1 Å². The number of phosphoric ester groups is 3. The maximum atomic E-state index is 12.7. The summed E-state index contributed by atoms with van der Waals surface area (Å²) in [6, 6.07) is 0. The molecule has 3 heterocycles. The fraction of sp³-hybridized carbons (Fsp3) is 0.756. The van der Waals surface area contributed by atoms with Gasteiger partial charge in [0.15, 0.2) is 17.7 Å². The first-order chi connectivity index (χ1) is 32.1. The second-order valence-corrected chi connectivity index (χ2v) is 23.7. The molecular formula is C41H68N7O17P3S-4. The zero-order valence-electron chi connectivity index (χ0n) is 40.1. The molecule has 0 aromatic carbocycles. The van der Waals surface area contributed by atoms with Gasteiger partial charge >= 0.3 is 0 Å². The summed E-state index contributed by atoms with van der Waals surface area (Å²) in [4.78, 5) is 97.2. The van der Waals surface area contributed by atoms with E-state index in [9.17, 15) is 57.9 Å². The lowest BCUT2D eigenvalue weighted by Crippen LogP contribution is -2.46. The molecule has 0 saturated carbocycles. The molecule has 24 nitrogen and oxygen atoms in total. The van der Waals surface area contributed by atoms with Crippen molar-refractivity contribution in [1.29, 1.82) is 0 Å². The van der Waals surface area contributed by atoms with Crippen LogP contribution in [0.3, 0.4) is 0 Å². The number of allylic oxidation sites excluding steroid dienone is 1. The topological polar surface area (TPSA) is 375 Å². The normalized spacial score (nSPS) is 21.2. The van der Waals surface area contributed by atoms with Crippen molar-refractivity contribution in [2.45, 2.75) is 143 Å². The summed E-state index contributed by atoms with van der Waals surface area (Å²) in [5.41, 5.74) is 5.09. The Bertz CT molecular complexity index is 2160. The number of rotatable bonds is 32. The first-order valence-electron chi connectivity index (χ1n) is 22.8. The zero-order chi connectivity index (χ0) is 51.7. The molecule has 0 bridgehead atoms. The van der Waals surface area contributed by atoms with Gasteiger partial charge in [-0.05, 0) is 43.6 Å². The highest BCUT2D eigenvalue weighted by molar-refractivity contribution is 8.14. The van der Waals surface area contributed by atoms with Crippen LogP contribution in [0, 0.1) is 23.2 Å². The molecule has 3 rings (SSSR count). The van der Waals surface area contributed by atoms with Gasteiger partial charge in [-0.2, -0.15) is 0 Å². The van der Waals surface area contributed by atoms with Gasteiger partial charge in [0.05, 0.1) is 27.4 Å². The Labute approximate surface area is 407 Å². The lowest BCUT2D eigenvalue weighted by atomic mass is 9.87. The standard InChI is InChI=1S/C41H72N7O17P3S/c1-26(2)11-8-12-27(3)13-9-14-28(4)15-10-16-29(5)21-32(50)69-20-19-43-31(49)17-18-44-39(53)36(52)41(6,7)23-62-68(59,60)65-67(57,58)61-22-30-35(64-66(54,55)56)34(51)40(63-30)48-25-47-33-37(42)45-24-46-38(33)48/h21,24-28,30,34-36,40,51-52H,8-20,22-23H2,1-7H3,(H,43,49)(H,44,53)(H,57,58)(H,59,60)(H2,42,45,46)(H2,54,55,56)/p-4/b29-21+/t27-,28-,30-,34-,35-,36+,40-/m1/s1. The second-order valence-electron chi connectivity index (χ2n) is 18.5. The zero-order valence-corrected chi connectivity index (χ0v) is 43.6. The van der Waals surface area contributed by atoms with Gasteiger partial charge in [0.2, 0.25) is 16.9 Å². The van der Waals surface area contributed by atoms with Gasteiger partial charge in [-0.25, -0.2) is 19.3 Å². The summed E-state index contributed by atoms with van der Waals surface area (Å²) in [7, 11) is -17.6. The number of nitrogens with zero attached hydrogens (tertiary/aromatic N) is 4. The second kappa shape index (κ2) is 27.9. The Balaban J connectivity index is 1.35. The molecule has 1 saturated heterocycles. The highest BCUT2D eigenvalue weighted by atomic mass is 32.2. The maximum Gasteiger partial charge on any atom is 0.274 e. The molecule has 394 valence electrons. The molecule has 1 aliphatic rings. The fourth-order valence-corrected chi connectivity index (χ4v) is 10.7. The van der Waals surface area contributed by atoms with Crippen molar-refractivity contribution in [2.75, 3.05) is 37.8 Å². The number of hydrogen-bond donors (Lipinski definition) is 5. The average Bonchev–Trinajstić information content (AvgIpc) is 3.80. The summed E-state index contributed by atoms with van der Waals surface area (Å²) < 4.78 is 60.9. The number of ether oxygens (including phenoxy) is 1. The Morgan fingerprint density at radius 1 is 0.928 bits per heavy atom. The van der Waals surface area contributed by atoms with Gasteiger partial charge < -0.3 is 69.0 Å². The first-order valence-corrected chi connectivity index (χ1v) is 28.1. The minimum atomic E-state index is -5.93. The van der Waals surface area contributed by atoms with Crippen molar-refractivity contribution in [1.82, 2.24) is 30.2 Å². The van der Waals surface area contributed by atoms with E-state index >= 15 is 0 Å². The van der Waals surface area contributed by atoms with Crippen LogP contribution in [0.4, 0.5) is 5.82 Å². The number of hydrogen-bond acceptors (Lipinski definition) is 22. The van der Waals surface area contributed by atoms with E-state index in [1.54, 1.807) is 6.08 Å². The van der Waals surface area contributed by atoms with E-state index in [2.05, 4.69) is 71.2 Å². The third kappa shape index (κ3) is 21.9. The maximum absolute atomic E-state index is 12.7. The smallest absolute Gasteiger partial charge is 0.274 e. The molecular weight excluding hydrogens is 987 g/mol. The predicted molar refractivity (Wildman–Crippen MR) is 247 cm³/mol. The number of anilines is 1. The molecule has 2 aromatic rings. The number of amides is 2. The van der Waals surface area contributed by atoms with E-state index in [1.165, 1.54) is 52.4 Å². The number of nitrogens with one attached hydrogen (secondary N) is 2. The first kappa shape index (κ1) is 60.6. The SMILES string of the molecule is C/C(=C\C(=O)SCCNC(=O)CCNC(=O)[C@H](O)C(C)(C)COP(=O)([O-])OP(=O)([O-])OC[C@H]1O[C@@H](n2cnc3c(N)ncnc32)[C@H](O)[C@@H]1OP(=O)([O-])[O-])CCC[C@H](C)CCC[C@H](C)CCCC(C)C. The Hall–Kier alpha value is -2.70. The minimum absolute atomic E-state index is 0.0200. The highest BCUT2D eigenvalue weighted by Crippen LogP contribution is 2.56. The van der Waals surface area contributed by atoms with Crippen molar-refractivity contribution in [3.8, 4) is 0 Å². The number of nitrogen functional groups attached to an aromatic ring is 1. The number of carbonyl (C=O) groups is 3. The summed E-state index contributed by atoms with van der Waals surface area (Å²) in [5, 5.41) is 26.4. The number of aliphatic hydroxyl groups is 2. The molecule has 0 aliphatic carbocycles. The van der Waals surface area contributed by atoms with Gasteiger partial charge in [-0.15, -0.1) is 0 Å². The van der Waals surface area contributed by atoms with Gasteiger partial charge in [0, 0.05) is 30.7 Å². The van der Waals surface area contributed by atoms with Gasteiger partial charge in [-0.1, -0.05) is 104 Å². The van der Waals surface area contributed by atoms with Crippen LogP contribution < -0.4 is 35.9 Å². The molecule has 2 unspecified atom stereocenters. The van der Waals surface area contributed by atoms with Crippen molar-refractivity contribution in [3.63, 3.8) is 0 Å². The average molecular weight is 1060 g/mol. The van der Waals surface area contributed by atoms with Crippen molar-refractivity contribution >= 4 is 69.1 Å². The molecule has 0 radical (unpaired) electrons. The molecule has 2 aromatic heterocycles.